The van der Waals surface area contributed by atoms with Crippen LogP contribution in [-0.4, -0.2) is 27.3 Å². The second-order valence-electron chi connectivity index (χ2n) is 6.00. The lowest BCUT2D eigenvalue weighted by Gasteiger charge is -2.24. The highest BCUT2D eigenvalue weighted by molar-refractivity contribution is 6.06. The lowest BCUT2D eigenvalue weighted by molar-refractivity contribution is 0.0734. The Morgan fingerprint density at radius 1 is 1.17 bits per heavy atom. The number of nitrogens with zero attached hydrogens (tertiary/aromatic N) is 2. The highest BCUT2D eigenvalue weighted by Gasteiger charge is 2.32. The van der Waals surface area contributed by atoms with Gasteiger partial charge in [0.2, 0.25) is 5.56 Å². The van der Waals surface area contributed by atoms with Crippen LogP contribution in [-0.2, 0) is 0 Å². The molecule has 0 radical (unpaired) electrons. The zero-order valence-electron chi connectivity index (χ0n) is 13.1. The molecule has 4 rings (SSSR count). The number of rotatable bonds is 2. The molecule has 0 spiro atoms. The molecule has 1 aliphatic rings. The summed E-state index contributed by atoms with van der Waals surface area (Å²) < 4.78 is 0. The van der Waals surface area contributed by atoms with E-state index in [-0.39, 0.29) is 17.5 Å². The molecule has 1 saturated heterocycles. The second kappa shape index (κ2) is 5.92. The van der Waals surface area contributed by atoms with Gasteiger partial charge < -0.3 is 9.88 Å². The minimum atomic E-state index is -0.259. The zero-order chi connectivity index (χ0) is 16.5. The number of H-pyrrole nitrogens is 1. The van der Waals surface area contributed by atoms with E-state index >= 15 is 0 Å². The van der Waals surface area contributed by atoms with E-state index in [9.17, 15) is 9.59 Å². The summed E-state index contributed by atoms with van der Waals surface area (Å²) in [5.74, 6) is -0.106. The number of nitrogens with one attached hydrogen (secondary N) is 1. The maximum absolute atomic E-state index is 13.1. The van der Waals surface area contributed by atoms with Crippen molar-refractivity contribution in [3.05, 3.63) is 76.3 Å². The number of para-hydroxylation sites is 1. The molecule has 5 nitrogen and oxygen atoms in total. The van der Waals surface area contributed by atoms with Crippen molar-refractivity contribution in [2.45, 2.75) is 18.9 Å². The number of aromatic nitrogens is 2. The van der Waals surface area contributed by atoms with Crippen LogP contribution in [0.1, 0.15) is 34.9 Å². The molecule has 1 atom stereocenters. The maximum atomic E-state index is 13.1. The second-order valence-corrected chi connectivity index (χ2v) is 6.00. The van der Waals surface area contributed by atoms with Crippen molar-refractivity contribution in [3.63, 3.8) is 0 Å². The molecule has 1 aliphatic heterocycles. The number of hydrogen-bond acceptors (Lipinski definition) is 3. The molecule has 1 N–H and O–H groups in total. The van der Waals surface area contributed by atoms with Crippen molar-refractivity contribution >= 4 is 16.8 Å². The van der Waals surface area contributed by atoms with E-state index in [1.54, 1.807) is 6.20 Å². The average Bonchev–Trinajstić information content (AvgIpc) is 3.11. The van der Waals surface area contributed by atoms with E-state index in [4.69, 9.17) is 0 Å². The lowest BCUT2D eigenvalue weighted by Crippen LogP contribution is -2.32. The molecule has 3 heterocycles. The van der Waals surface area contributed by atoms with Crippen LogP contribution in [0.25, 0.3) is 10.9 Å². The third-order valence-corrected chi connectivity index (χ3v) is 4.52. The Morgan fingerprint density at radius 2 is 2.00 bits per heavy atom. The highest BCUT2D eigenvalue weighted by atomic mass is 16.2. The molecule has 3 aromatic rings. The Hall–Kier alpha value is -2.95. The zero-order valence-corrected chi connectivity index (χ0v) is 13.1. The van der Waals surface area contributed by atoms with Crippen molar-refractivity contribution in [1.29, 1.82) is 0 Å². The molecule has 0 bridgehead atoms. The van der Waals surface area contributed by atoms with Crippen molar-refractivity contribution < 1.29 is 4.79 Å². The number of pyridine rings is 2. The molecule has 1 amide bonds. The van der Waals surface area contributed by atoms with Gasteiger partial charge in [-0.3, -0.25) is 14.6 Å². The smallest absolute Gasteiger partial charge is 0.255 e. The van der Waals surface area contributed by atoms with Crippen LogP contribution >= 0.6 is 0 Å². The van der Waals surface area contributed by atoms with Gasteiger partial charge in [0.15, 0.2) is 0 Å². The van der Waals surface area contributed by atoms with Gasteiger partial charge in [0.1, 0.15) is 0 Å². The summed E-state index contributed by atoms with van der Waals surface area (Å²) in [5, 5.41) is 0.772. The van der Waals surface area contributed by atoms with Gasteiger partial charge in [-0.1, -0.05) is 24.3 Å². The number of hydrogen-bond donors (Lipinski definition) is 1. The normalized spacial score (nSPS) is 17.3. The molecule has 0 saturated carbocycles. The standard InChI is InChI=1S/C19H17N3O2/c23-18-12-14(13-6-1-2-7-15(13)21-18)19(24)22-11-5-9-17(22)16-8-3-4-10-20-16/h1-4,6-8,10,12,17H,5,9,11H2,(H,21,23)/t17-/m0/s1. The number of aromatic amines is 1. The quantitative estimate of drug-likeness (QED) is 0.790. The topological polar surface area (TPSA) is 66.1 Å². The molecule has 120 valence electrons. The van der Waals surface area contributed by atoms with Gasteiger partial charge in [0, 0.05) is 29.7 Å². The van der Waals surface area contributed by atoms with Crippen LogP contribution in [0.15, 0.2) is 59.5 Å². The first-order valence-electron chi connectivity index (χ1n) is 8.08. The minimum absolute atomic E-state index is 0.0308. The van der Waals surface area contributed by atoms with Gasteiger partial charge in [0.05, 0.1) is 17.3 Å². The Morgan fingerprint density at radius 3 is 2.83 bits per heavy atom. The number of likely N-dealkylation sites (tertiary alicyclic amines) is 1. The van der Waals surface area contributed by atoms with Crippen molar-refractivity contribution in [3.8, 4) is 0 Å². The first-order chi connectivity index (χ1) is 11.7. The summed E-state index contributed by atoms with van der Waals surface area (Å²) in [4.78, 5) is 34.1. The van der Waals surface area contributed by atoms with E-state index in [0.29, 0.717) is 17.6 Å². The molecule has 1 aromatic carbocycles. The number of benzene rings is 1. The molecule has 0 aliphatic carbocycles. The van der Waals surface area contributed by atoms with E-state index in [1.165, 1.54) is 6.07 Å². The molecular weight excluding hydrogens is 302 g/mol. The van der Waals surface area contributed by atoms with Gasteiger partial charge in [-0.05, 0) is 31.0 Å². The summed E-state index contributed by atoms with van der Waals surface area (Å²) in [6, 6.07) is 14.5. The number of carbonyl (C=O) groups excluding carboxylic acids is 1. The first kappa shape index (κ1) is 14.6. The summed E-state index contributed by atoms with van der Waals surface area (Å²) in [5.41, 5.74) is 1.78. The van der Waals surface area contributed by atoms with E-state index in [2.05, 4.69) is 9.97 Å². The molecule has 1 fully saturated rings. The Balaban J connectivity index is 1.77. The fourth-order valence-electron chi connectivity index (χ4n) is 3.43. The maximum Gasteiger partial charge on any atom is 0.255 e. The predicted octanol–water partition coefficient (Wildman–Crippen LogP) is 2.90. The van der Waals surface area contributed by atoms with Gasteiger partial charge in [-0.2, -0.15) is 0 Å². The summed E-state index contributed by atoms with van der Waals surface area (Å²) in [7, 11) is 0. The minimum Gasteiger partial charge on any atom is -0.330 e. The Bertz CT molecular complexity index is 949. The molecule has 24 heavy (non-hydrogen) atoms. The van der Waals surface area contributed by atoms with Crippen LogP contribution in [0.3, 0.4) is 0 Å². The highest BCUT2D eigenvalue weighted by Crippen LogP contribution is 2.32. The number of carbonyl (C=O) groups is 1. The third-order valence-electron chi connectivity index (χ3n) is 4.52. The Kier molecular flexibility index (Phi) is 3.61. The lowest BCUT2D eigenvalue weighted by atomic mass is 10.1. The molecule has 5 heteroatoms. The van der Waals surface area contributed by atoms with Crippen molar-refractivity contribution in [2.24, 2.45) is 0 Å². The van der Waals surface area contributed by atoms with Gasteiger partial charge in [0.25, 0.3) is 5.91 Å². The number of amides is 1. The van der Waals surface area contributed by atoms with Crippen LogP contribution in [0, 0.1) is 0 Å². The summed E-state index contributed by atoms with van der Waals surface area (Å²) in [6.07, 6.45) is 3.58. The molecular formula is C19H17N3O2. The first-order valence-corrected chi connectivity index (χ1v) is 8.08. The van der Waals surface area contributed by atoms with Gasteiger partial charge in [-0.25, -0.2) is 0 Å². The average molecular weight is 319 g/mol. The fourth-order valence-corrected chi connectivity index (χ4v) is 3.43. The monoisotopic (exact) mass is 319 g/mol. The predicted molar refractivity (Wildman–Crippen MR) is 91.8 cm³/mol. The van der Waals surface area contributed by atoms with Crippen molar-refractivity contribution in [1.82, 2.24) is 14.9 Å². The summed E-state index contributed by atoms with van der Waals surface area (Å²) in [6.45, 7) is 0.682. The van der Waals surface area contributed by atoms with Crippen LogP contribution in [0.4, 0.5) is 0 Å². The molecule has 0 unspecified atom stereocenters. The van der Waals surface area contributed by atoms with Gasteiger partial charge >= 0.3 is 0 Å². The number of fused-ring (bicyclic) bond motifs is 1. The molecule has 2 aromatic heterocycles. The van der Waals surface area contributed by atoms with E-state index in [0.717, 1.165) is 23.9 Å². The van der Waals surface area contributed by atoms with E-state index < -0.39 is 0 Å². The SMILES string of the molecule is O=C(c1cc(=O)[nH]c2ccccc12)N1CCC[C@H]1c1ccccn1. The fraction of sp³-hybridized carbons (Fsp3) is 0.211. The largest absolute Gasteiger partial charge is 0.330 e. The van der Waals surface area contributed by atoms with Crippen LogP contribution in [0.5, 0.6) is 0 Å². The third kappa shape index (κ3) is 2.48. The summed E-state index contributed by atoms with van der Waals surface area (Å²) >= 11 is 0. The van der Waals surface area contributed by atoms with Crippen LogP contribution < -0.4 is 5.56 Å². The van der Waals surface area contributed by atoms with E-state index in [1.807, 2.05) is 47.4 Å². The van der Waals surface area contributed by atoms with Crippen LogP contribution in [0.2, 0.25) is 0 Å². The van der Waals surface area contributed by atoms with Gasteiger partial charge in [-0.15, -0.1) is 0 Å². The van der Waals surface area contributed by atoms with Crippen molar-refractivity contribution in [2.75, 3.05) is 6.54 Å². The Labute approximate surface area is 139 Å².